The van der Waals surface area contributed by atoms with Crippen LogP contribution < -0.4 is 0 Å². The van der Waals surface area contributed by atoms with Crippen LogP contribution in [0.4, 0.5) is 0 Å². The number of ether oxygens (including phenoxy) is 5. The van der Waals surface area contributed by atoms with Crippen LogP contribution in [-0.4, -0.2) is 42.4 Å². The summed E-state index contributed by atoms with van der Waals surface area (Å²) < 4.78 is 30.5. The Kier molecular flexibility index (Phi) is 7.12. The summed E-state index contributed by atoms with van der Waals surface area (Å²) in [7, 11) is 0. The van der Waals surface area contributed by atoms with Crippen molar-refractivity contribution >= 4 is 0 Å². The maximum Gasteiger partial charge on any atom is 0.187 e. The fourth-order valence-corrected chi connectivity index (χ4v) is 4.19. The molecule has 0 amide bonds. The van der Waals surface area contributed by atoms with Crippen molar-refractivity contribution in [3.8, 4) is 0 Å². The third-order valence-electron chi connectivity index (χ3n) is 5.92. The van der Waals surface area contributed by atoms with Gasteiger partial charge in [-0.2, -0.15) is 0 Å². The Bertz CT molecular complexity index is 983. The third kappa shape index (κ3) is 5.33. The van der Waals surface area contributed by atoms with Crippen molar-refractivity contribution < 1.29 is 28.8 Å². The average Bonchev–Trinajstić information content (AvgIpc) is 2.88. The van der Waals surface area contributed by atoms with E-state index in [2.05, 4.69) is 0 Å². The first-order valence-electron chi connectivity index (χ1n) is 11.2. The zero-order valence-corrected chi connectivity index (χ0v) is 18.2. The van der Waals surface area contributed by atoms with E-state index in [1.807, 2.05) is 91.0 Å². The standard InChI is InChI=1S/C27H28O6/c28-23-25(29-16-19-10-4-1-5-11-19)24-22(18-31-26(33-24)21-14-8-3-9-15-21)32-27(23)30-17-20-12-6-2-7-13-20/h1-15,22-28H,16-18H2/t22-,23-,24-,25+,26+,27-/m0/s1. The van der Waals surface area contributed by atoms with E-state index in [1.165, 1.54) is 0 Å². The molecular formula is C27H28O6. The molecule has 2 aliphatic heterocycles. The molecular weight excluding hydrogens is 420 g/mol. The molecule has 0 saturated carbocycles. The highest BCUT2D eigenvalue weighted by molar-refractivity contribution is 5.17. The van der Waals surface area contributed by atoms with Crippen LogP contribution in [0.5, 0.6) is 0 Å². The van der Waals surface area contributed by atoms with Gasteiger partial charge in [-0.25, -0.2) is 0 Å². The van der Waals surface area contributed by atoms with Crippen molar-refractivity contribution in [2.45, 2.75) is 50.2 Å². The summed E-state index contributed by atoms with van der Waals surface area (Å²) in [4.78, 5) is 0. The van der Waals surface area contributed by atoms with Gasteiger partial charge in [0, 0.05) is 5.56 Å². The van der Waals surface area contributed by atoms with Crippen LogP contribution in [0.2, 0.25) is 0 Å². The van der Waals surface area contributed by atoms with Crippen molar-refractivity contribution in [2.75, 3.05) is 6.61 Å². The number of aliphatic hydroxyl groups is 1. The molecule has 172 valence electrons. The van der Waals surface area contributed by atoms with Gasteiger partial charge < -0.3 is 28.8 Å². The predicted molar refractivity (Wildman–Crippen MR) is 121 cm³/mol. The van der Waals surface area contributed by atoms with E-state index < -0.39 is 37.0 Å². The van der Waals surface area contributed by atoms with Crippen LogP contribution in [0.1, 0.15) is 23.0 Å². The summed E-state index contributed by atoms with van der Waals surface area (Å²) in [5.41, 5.74) is 2.92. The molecule has 3 aromatic rings. The summed E-state index contributed by atoms with van der Waals surface area (Å²) in [6.45, 7) is 0.977. The average molecular weight is 449 g/mol. The van der Waals surface area contributed by atoms with Gasteiger partial charge in [-0.3, -0.25) is 0 Å². The fraction of sp³-hybridized carbons (Fsp3) is 0.333. The summed E-state index contributed by atoms with van der Waals surface area (Å²) in [5.74, 6) is 0. The lowest BCUT2D eigenvalue weighted by Gasteiger charge is -2.47. The van der Waals surface area contributed by atoms with E-state index in [0.29, 0.717) is 19.8 Å². The van der Waals surface area contributed by atoms with Crippen LogP contribution in [0.25, 0.3) is 0 Å². The molecule has 2 aliphatic rings. The molecule has 0 radical (unpaired) electrons. The maximum atomic E-state index is 11.2. The number of aliphatic hydroxyl groups excluding tert-OH is 1. The van der Waals surface area contributed by atoms with Gasteiger partial charge in [-0.15, -0.1) is 0 Å². The molecule has 2 heterocycles. The van der Waals surface area contributed by atoms with E-state index in [1.54, 1.807) is 0 Å². The number of hydrogen-bond donors (Lipinski definition) is 1. The van der Waals surface area contributed by atoms with E-state index in [0.717, 1.165) is 16.7 Å². The first-order chi connectivity index (χ1) is 16.3. The van der Waals surface area contributed by atoms with Gasteiger partial charge in [0.15, 0.2) is 12.6 Å². The normalized spacial score (nSPS) is 29.4. The SMILES string of the molecule is O[C@@H]1[C@@H](OCc2ccccc2)O[C@H]2CO[C@@H](c3ccccc3)O[C@@H]2[C@@H]1OCc1ccccc1. The second-order valence-electron chi connectivity index (χ2n) is 8.27. The predicted octanol–water partition coefficient (Wildman–Crippen LogP) is 3.99. The van der Waals surface area contributed by atoms with E-state index in [9.17, 15) is 5.11 Å². The van der Waals surface area contributed by atoms with Crippen LogP contribution >= 0.6 is 0 Å². The minimum absolute atomic E-state index is 0.313. The van der Waals surface area contributed by atoms with Gasteiger partial charge in [0.2, 0.25) is 0 Å². The summed E-state index contributed by atoms with van der Waals surface area (Å²) >= 11 is 0. The second-order valence-corrected chi connectivity index (χ2v) is 8.27. The minimum Gasteiger partial charge on any atom is -0.385 e. The van der Waals surface area contributed by atoms with Crippen molar-refractivity contribution in [1.29, 1.82) is 0 Å². The topological polar surface area (TPSA) is 66.4 Å². The number of hydrogen-bond acceptors (Lipinski definition) is 6. The minimum atomic E-state index is -1.02. The largest absolute Gasteiger partial charge is 0.385 e. The molecule has 0 bridgehead atoms. The smallest absolute Gasteiger partial charge is 0.187 e. The number of benzene rings is 3. The monoisotopic (exact) mass is 448 g/mol. The fourth-order valence-electron chi connectivity index (χ4n) is 4.19. The molecule has 0 aromatic heterocycles. The summed E-state index contributed by atoms with van der Waals surface area (Å²) in [5, 5.41) is 11.2. The Morgan fingerprint density at radius 1 is 0.727 bits per heavy atom. The molecule has 0 spiro atoms. The van der Waals surface area contributed by atoms with E-state index in [-0.39, 0.29) is 0 Å². The van der Waals surface area contributed by atoms with Crippen molar-refractivity contribution in [3.05, 3.63) is 108 Å². The highest BCUT2D eigenvalue weighted by atomic mass is 16.8. The Morgan fingerprint density at radius 3 is 1.94 bits per heavy atom. The quantitative estimate of drug-likeness (QED) is 0.590. The zero-order chi connectivity index (χ0) is 22.5. The van der Waals surface area contributed by atoms with Gasteiger partial charge in [0.25, 0.3) is 0 Å². The lowest BCUT2D eigenvalue weighted by molar-refractivity contribution is -0.368. The first-order valence-corrected chi connectivity index (χ1v) is 11.2. The molecule has 5 rings (SSSR count). The lowest BCUT2D eigenvalue weighted by atomic mass is 9.97. The molecule has 6 nitrogen and oxygen atoms in total. The molecule has 2 fully saturated rings. The third-order valence-corrected chi connectivity index (χ3v) is 5.92. The summed E-state index contributed by atoms with van der Waals surface area (Å²) in [6.07, 6.45) is -3.98. The number of fused-ring (bicyclic) bond motifs is 1. The van der Waals surface area contributed by atoms with Crippen LogP contribution in [0.3, 0.4) is 0 Å². The molecule has 2 saturated heterocycles. The Balaban J connectivity index is 1.32. The van der Waals surface area contributed by atoms with Gasteiger partial charge in [0.1, 0.15) is 24.4 Å². The summed E-state index contributed by atoms with van der Waals surface area (Å²) in [6, 6.07) is 29.4. The van der Waals surface area contributed by atoms with Crippen LogP contribution in [0.15, 0.2) is 91.0 Å². The molecule has 1 N–H and O–H groups in total. The van der Waals surface area contributed by atoms with Gasteiger partial charge in [0.05, 0.1) is 19.8 Å². The van der Waals surface area contributed by atoms with Crippen molar-refractivity contribution in [1.82, 2.24) is 0 Å². The molecule has 0 unspecified atom stereocenters. The van der Waals surface area contributed by atoms with Crippen molar-refractivity contribution in [3.63, 3.8) is 0 Å². The molecule has 3 aromatic carbocycles. The van der Waals surface area contributed by atoms with Gasteiger partial charge in [-0.05, 0) is 11.1 Å². The van der Waals surface area contributed by atoms with Crippen LogP contribution in [0, 0.1) is 0 Å². The van der Waals surface area contributed by atoms with E-state index >= 15 is 0 Å². The van der Waals surface area contributed by atoms with E-state index in [4.69, 9.17) is 23.7 Å². The second kappa shape index (κ2) is 10.6. The Labute approximate surface area is 193 Å². The first kappa shape index (κ1) is 22.2. The Hall–Kier alpha value is -2.58. The maximum absolute atomic E-state index is 11.2. The molecule has 33 heavy (non-hydrogen) atoms. The van der Waals surface area contributed by atoms with Crippen molar-refractivity contribution in [2.24, 2.45) is 0 Å². The Morgan fingerprint density at radius 2 is 1.30 bits per heavy atom. The highest BCUT2D eigenvalue weighted by Crippen LogP contribution is 2.36. The van der Waals surface area contributed by atoms with Gasteiger partial charge >= 0.3 is 0 Å². The zero-order valence-electron chi connectivity index (χ0n) is 18.2. The molecule has 6 atom stereocenters. The number of rotatable bonds is 7. The van der Waals surface area contributed by atoms with Gasteiger partial charge in [-0.1, -0.05) is 91.0 Å². The highest BCUT2D eigenvalue weighted by Gasteiger charge is 2.50. The van der Waals surface area contributed by atoms with Crippen LogP contribution in [-0.2, 0) is 36.9 Å². The lowest BCUT2D eigenvalue weighted by Crippen LogP contribution is -2.62. The molecule has 0 aliphatic carbocycles. The molecule has 6 heteroatoms.